The van der Waals surface area contributed by atoms with Crippen LogP contribution >= 0.6 is 0 Å². The van der Waals surface area contributed by atoms with Gasteiger partial charge in [-0.25, -0.2) is 4.79 Å². The molecule has 1 amide bonds. The highest BCUT2D eigenvalue weighted by atomic mass is 16.7. The number of ether oxygens (including phenoxy) is 6. The van der Waals surface area contributed by atoms with Gasteiger partial charge in [0.05, 0.1) is 19.8 Å². The van der Waals surface area contributed by atoms with E-state index < -0.39 is 66.5 Å². The Hall–Kier alpha value is -3.77. The minimum atomic E-state index is -2.12. The molecule has 0 spiro atoms. The zero-order valence-electron chi connectivity index (χ0n) is 21.3. The summed E-state index contributed by atoms with van der Waals surface area (Å²) >= 11 is 0. The highest BCUT2D eigenvalue weighted by Crippen LogP contribution is 2.31. The Morgan fingerprint density at radius 2 is 1.62 bits per heavy atom. The topological polar surface area (TPSA) is 153 Å². The van der Waals surface area contributed by atoms with Crippen molar-refractivity contribution in [1.29, 1.82) is 0 Å². The molecular weight excluding hydrogens is 490 g/mol. The van der Waals surface area contributed by atoms with Crippen LogP contribution in [0.4, 0.5) is 0 Å². The van der Waals surface area contributed by atoms with E-state index in [1.54, 1.807) is 24.3 Å². The number of hydrogen-bond donors (Lipinski definition) is 1. The minimum Gasteiger partial charge on any atom is -0.465 e. The van der Waals surface area contributed by atoms with Gasteiger partial charge in [0.15, 0.2) is 12.2 Å². The van der Waals surface area contributed by atoms with Gasteiger partial charge in [0, 0.05) is 27.7 Å². The van der Waals surface area contributed by atoms with Gasteiger partial charge in [0.1, 0.15) is 12.7 Å². The summed E-state index contributed by atoms with van der Waals surface area (Å²) in [6.45, 7) is 4.04. The van der Waals surface area contributed by atoms with E-state index in [1.165, 1.54) is 19.1 Å². The maximum absolute atomic E-state index is 12.9. The van der Waals surface area contributed by atoms with Crippen molar-refractivity contribution in [1.82, 2.24) is 5.32 Å². The molecule has 5 atom stereocenters. The fourth-order valence-corrected chi connectivity index (χ4v) is 3.61. The lowest BCUT2D eigenvalue weighted by Gasteiger charge is -2.42. The maximum atomic E-state index is 12.9. The third-order valence-corrected chi connectivity index (χ3v) is 5.08. The number of carbonyl (C=O) groups is 5. The summed E-state index contributed by atoms with van der Waals surface area (Å²) in [6, 6.07) is 7.94. The molecule has 0 aliphatic carbocycles. The molecule has 1 aliphatic rings. The Balaban J connectivity index is 2.54. The molecule has 12 heteroatoms. The second-order valence-corrected chi connectivity index (χ2v) is 8.13. The van der Waals surface area contributed by atoms with E-state index in [1.807, 2.05) is 6.07 Å². The van der Waals surface area contributed by atoms with E-state index in [2.05, 4.69) is 5.32 Å². The number of rotatable bonds is 11. The highest BCUT2D eigenvalue weighted by molar-refractivity contribution is 5.81. The monoisotopic (exact) mass is 521 g/mol. The molecule has 1 aromatic rings. The van der Waals surface area contributed by atoms with Crippen molar-refractivity contribution in [3.8, 4) is 0 Å². The van der Waals surface area contributed by atoms with Crippen LogP contribution in [0.3, 0.4) is 0 Å². The average Bonchev–Trinajstić information content (AvgIpc) is 2.84. The summed E-state index contributed by atoms with van der Waals surface area (Å²) in [4.78, 5) is 60.2. The van der Waals surface area contributed by atoms with E-state index in [9.17, 15) is 24.0 Å². The zero-order chi connectivity index (χ0) is 27.6. The fraction of sp³-hybridized carbons (Fsp3) is 0.480. The van der Waals surface area contributed by atoms with Crippen LogP contribution in [0.25, 0.3) is 0 Å². The number of amides is 1. The van der Waals surface area contributed by atoms with Gasteiger partial charge in [-0.15, -0.1) is 0 Å². The Morgan fingerprint density at radius 1 is 0.973 bits per heavy atom. The molecule has 0 fully saturated rings. The highest BCUT2D eigenvalue weighted by Gasteiger charge is 2.52. The number of hydrogen-bond acceptors (Lipinski definition) is 11. The lowest BCUT2D eigenvalue weighted by molar-refractivity contribution is -0.269. The van der Waals surface area contributed by atoms with Crippen LogP contribution in [-0.2, 0) is 59.0 Å². The predicted octanol–water partition coefficient (Wildman–Crippen LogP) is 0.959. The lowest BCUT2D eigenvalue weighted by Crippen LogP contribution is -2.62. The normalized spacial score (nSPS) is 22.2. The van der Waals surface area contributed by atoms with Crippen LogP contribution in [0.15, 0.2) is 42.5 Å². The van der Waals surface area contributed by atoms with Crippen molar-refractivity contribution in [3.05, 3.63) is 48.0 Å². The predicted molar refractivity (Wildman–Crippen MR) is 125 cm³/mol. The van der Waals surface area contributed by atoms with E-state index in [0.29, 0.717) is 5.56 Å². The van der Waals surface area contributed by atoms with Crippen LogP contribution in [0.5, 0.6) is 0 Å². The molecule has 1 aromatic carbocycles. The second kappa shape index (κ2) is 13.5. The van der Waals surface area contributed by atoms with Crippen molar-refractivity contribution in [2.75, 3.05) is 13.7 Å². The smallest absolute Gasteiger partial charge is 0.371 e. The van der Waals surface area contributed by atoms with Crippen molar-refractivity contribution in [2.45, 2.75) is 64.4 Å². The molecule has 202 valence electrons. The van der Waals surface area contributed by atoms with Crippen LogP contribution < -0.4 is 5.32 Å². The van der Waals surface area contributed by atoms with E-state index >= 15 is 0 Å². The first-order valence-electron chi connectivity index (χ1n) is 11.4. The number of esters is 4. The molecule has 1 heterocycles. The average molecular weight is 522 g/mol. The second-order valence-electron chi connectivity index (χ2n) is 8.13. The molecule has 1 unspecified atom stereocenters. The van der Waals surface area contributed by atoms with Gasteiger partial charge in [-0.05, 0) is 11.6 Å². The molecule has 12 nitrogen and oxygen atoms in total. The van der Waals surface area contributed by atoms with Crippen molar-refractivity contribution in [2.24, 2.45) is 0 Å². The fourth-order valence-electron chi connectivity index (χ4n) is 3.61. The van der Waals surface area contributed by atoms with Crippen LogP contribution in [0.1, 0.15) is 33.3 Å². The largest absolute Gasteiger partial charge is 0.465 e. The van der Waals surface area contributed by atoms with Gasteiger partial charge < -0.3 is 33.7 Å². The number of nitrogens with one attached hydrogen (secondary N) is 1. The van der Waals surface area contributed by atoms with Crippen LogP contribution in [-0.4, -0.2) is 73.6 Å². The van der Waals surface area contributed by atoms with Crippen LogP contribution in [0, 0.1) is 0 Å². The van der Waals surface area contributed by atoms with Crippen LogP contribution in [0.2, 0.25) is 0 Å². The third-order valence-electron chi connectivity index (χ3n) is 5.08. The Morgan fingerprint density at radius 3 is 2.16 bits per heavy atom. The molecule has 37 heavy (non-hydrogen) atoms. The molecule has 0 bridgehead atoms. The van der Waals surface area contributed by atoms with Gasteiger partial charge in [0.2, 0.25) is 5.91 Å². The molecule has 1 N–H and O–H groups in total. The molecule has 0 saturated carbocycles. The van der Waals surface area contributed by atoms with Gasteiger partial charge in [-0.2, -0.15) is 0 Å². The molecule has 1 aliphatic heterocycles. The summed E-state index contributed by atoms with van der Waals surface area (Å²) in [5, 5.41) is 2.63. The molecule has 0 radical (unpaired) electrons. The molecule has 2 rings (SSSR count). The van der Waals surface area contributed by atoms with Gasteiger partial charge in [-0.3, -0.25) is 19.2 Å². The van der Waals surface area contributed by atoms with Gasteiger partial charge >= 0.3 is 23.9 Å². The number of benzene rings is 1. The van der Waals surface area contributed by atoms with Gasteiger partial charge in [-0.1, -0.05) is 36.4 Å². The first-order chi connectivity index (χ1) is 17.5. The Kier molecular flexibility index (Phi) is 10.8. The standard InChI is InChI=1S/C25H31NO11/c1-15(27)26-20-11-12-25(24(31)32-5,34-13-19-9-7-6-8-10-19)37-22(20)23(36-18(4)30)21(35-17(3)29)14-33-16(2)28/h6-12,20-23H,13-14H2,1-5H3,(H,26,27)/t20-,21+,22?,23-,25+/m1/s1. The number of methoxy groups -OCH3 is 1. The van der Waals surface area contributed by atoms with Gasteiger partial charge in [0.25, 0.3) is 5.79 Å². The minimum absolute atomic E-state index is 0.0726. The Labute approximate surface area is 214 Å². The quantitative estimate of drug-likeness (QED) is 0.252. The van der Waals surface area contributed by atoms with E-state index in [-0.39, 0.29) is 6.61 Å². The summed E-state index contributed by atoms with van der Waals surface area (Å²) in [6.07, 6.45) is -1.47. The summed E-state index contributed by atoms with van der Waals surface area (Å²) in [5.74, 6) is -5.77. The van der Waals surface area contributed by atoms with Crippen molar-refractivity contribution < 1.29 is 52.4 Å². The van der Waals surface area contributed by atoms with E-state index in [0.717, 1.165) is 27.9 Å². The SMILES string of the molecule is COC(=O)[C@]1(OCc2ccccc2)C=C[C@@H](NC(C)=O)C([C@H](OC(C)=O)[C@H](COC(C)=O)OC(C)=O)O1. The lowest BCUT2D eigenvalue weighted by atomic mass is 9.95. The number of carbonyl (C=O) groups excluding carboxylic acids is 5. The summed E-state index contributed by atoms with van der Waals surface area (Å²) < 4.78 is 32.6. The third kappa shape index (κ3) is 8.69. The first kappa shape index (κ1) is 29.5. The molecule has 0 aromatic heterocycles. The summed E-state index contributed by atoms with van der Waals surface area (Å²) in [5.41, 5.74) is 0.715. The Bertz CT molecular complexity index is 1010. The van der Waals surface area contributed by atoms with Crippen molar-refractivity contribution in [3.63, 3.8) is 0 Å². The first-order valence-corrected chi connectivity index (χ1v) is 11.4. The van der Waals surface area contributed by atoms with E-state index in [4.69, 9.17) is 28.4 Å². The molecule has 0 saturated heterocycles. The van der Waals surface area contributed by atoms with Crippen molar-refractivity contribution >= 4 is 29.8 Å². The maximum Gasteiger partial charge on any atom is 0.371 e. The zero-order valence-corrected chi connectivity index (χ0v) is 21.3. The summed E-state index contributed by atoms with van der Waals surface area (Å²) in [7, 11) is 1.13. The molecular formula is C25H31NO11.